The number of hydrogen-bond donors (Lipinski definition) is 1. The van der Waals surface area contributed by atoms with E-state index in [4.69, 9.17) is 5.73 Å². The Labute approximate surface area is 78.4 Å². The molecule has 0 aliphatic carbocycles. The SMILES string of the molecule is CC(N)C(C)Sc1ccccc1. The minimum absolute atomic E-state index is 0.246. The van der Waals surface area contributed by atoms with E-state index in [9.17, 15) is 0 Å². The lowest BCUT2D eigenvalue weighted by atomic mass is 10.3. The molecule has 0 fully saturated rings. The molecular formula is C10H15NS. The molecule has 1 nitrogen and oxygen atoms in total. The lowest BCUT2D eigenvalue weighted by Gasteiger charge is -2.14. The lowest BCUT2D eigenvalue weighted by Crippen LogP contribution is -2.26. The molecule has 2 atom stereocenters. The minimum Gasteiger partial charge on any atom is -0.327 e. The van der Waals surface area contributed by atoms with Gasteiger partial charge < -0.3 is 5.73 Å². The van der Waals surface area contributed by atoms with Gasteiger partial charge in [0.15, 0.2) is 0 Å². The number of rotatable bonds is 3. The summed E-state index contributed by atoms with van der Waals surface area (Å²) in [5.41, 5.74) is 5.76. The van der Waals surface area contributed by atoms with Crippen LogP contribution in [0.25, 0.3) is 0 Å². The summed E-state index contributed by atoms with van der Waals surface area (Å²) in [7, 11) is 0. The minimum atomic E-state index is 0.246. The van der Waals surface area contributed by atoms with Crippen LogP contribution in [-0.2, 0) is 0 Å². The van der Waals surface area contributed by atoms with Gasteiger partial charge in [0.1, 0.15) is 0 Å². The van der Waals surface area contributed by atoms with Crippen LogP contribution in [-0.4, -0.2) is 11.3 Å². The normalized spacial score (nSPS) is 15.6. The van der Waals surface area contributed by atoms with Crippen LogP contribution in [0.1, 0.15) is 13.8 Å². The van der Waals surface area contributed by atoms with Gasteiger partial charge in [-0.1, -0.05) is 25.1 Å². The summed E-state index contributed by atoms with van der Waals surface area (Å²) in [5, 5.41) is 0.479. The average Bonchev–Trinajstić information content (AvgIpc) is 2.06. The van der Waals surface area contributed by atoms with Gasteiger partial charge in [0.25, 0.3) is 0 Å². The maximum absolute atomic E-state index is 5.76. The highest BCUT2D eigenvalue weighted by molar-refractivity contribution is 8.00. The fraction of sp³-hybridized carbons (Fsp3) is 0.400. The number of thioether (sulfide) groups is 1. The molecule has 1 aromatic carbocycles. The number of nitrogens with two attached hydrogens (primary N) is 1. The first-order valence-electron chi connectivity index (χ1n) is 4.17. The Morgan fingerprint density at radius 2 is 1.75 bits per heavy atom. The van der Waals surface area contributed by atoms with E-state index in [1.165, 1.54) is 4.90 Å². The third-order valence-corrected chi connectivity index (χ3v) is 3.15. The highest BCUT2D eigenvalue weighted by atomic mass is 32.2. The largest absolute Gasteiger partial charge is 0.327 e. The van der Waals surface area contributed by atoms with Crippen LogP contribution in [0, 0.1) is 0 Å². The van der Waals surface area contributed by atoms with Crippen molar-refractivity contribution in [3.63, 3.8) is 0 Å². The van der Waals surface area contributed by atoms with Crippen molar-refractivity contribution in [2.75, 3.05) is 0 Å². The second-order valence-corrected chi connectivity index (χ2v) is 4.45. The molecule has 1 rings (SSSR count). The van der Waals surface area contributed by atoms with Crippen molar-refractivity contribution < 1.29 is 0 Å². The fourth-order valence-electron chi connectivity index (χ4n) is 0.821. The van der Waals surface area contributed by atoms with E-state index < -0.39 is 0 Å². The Morgan fingerprint density at radius 1 is 1.17 bits per heavy atom. The van der Waals surface area contributed by atoms with Crippen molar-refractivity contribution in [2.45, 2.75) is 30.0 Å². The Balaban J connectivity index is 2.53. The Hall–Kier alpha value is -0.470. The summed E-state index contributed by atoms with van der Waals surface area (Å²) >= 11 is 1.83. The van der Waals surface area contributed by atoms with Crippen LogP contribution in [0.3, 0.4) is 0 Å². The Morgan fingerprint density at radius 3 is 2.25 bits per heavy atom. The molecule has 2 unspecified atom stereocenters. The second kappa shape index (κ2) is 4.53. The van der Waals surface area contributed by atoms with Gasteiger partial charge in [-0.15, -0.1) is 11.8 Å². The average molecular weight is 181 g/mol. The molecule has 0 aromatic heterocycles. The zero-order valence-electron chi connectivity index (χ0n) is 7.53. The van der Waals surface area contributed by atoms with E-state index in [1.54, 1.807) is 0 Å². The van der Waals surface area contributed by atoms with Crippen LogP contribution < -0.4 is 5.73 Å². The van der Waals surface area contributed by atoms with Crippen LogP contribution in [0.4, 0.5) is 0 Å². The molecule has 0 saturated heterocycles. The first kappa shape index (κ1) is 9.62. The van der Waals surface area contributed by atoms with Crippen molar-refractivity contribution in [3.05, 3.63) is 30.3 Å². The summed E-state index contributed by atoms with van der Waals surface area (Å²) in [5.74, 6) is 0. The second-order valence-electron chi connectivity index (χ2n) is 3.00. The van der Waals surface area contributed by atoms with E-state index in [1.807, 2.05) is 24.8 Å². The van der Waals surface area contributed by atoms with Gasteiger partial charge >= 0.3 is 0 Å². The van der Waals surface area contributed by atoms with Gasteiger partial charge in [-0.25, -0.2) is 0 Å². The lowest BCUT2D eigenvalue weighted by molar-refractivity contribution is 0.731. The Kier molecular flexibility index (Phi) is 3.63. The monoisotopic (exact) mass is 181 g/mol. The molecule has 0 saturated carbocycles. The van der Waals surface area contributed by atoms with Crippen LogP contribution in [0.15, 0.2) is 35.2 Å². The van der Waals surface area contributed by atoms with E-state index in [-0.39, 0.29) is 6.04 Å². The Bertz CT molecular complexity index is 221. The topological polar surface area (TPSA) is 26.0 Å². The molecular weight excluding hydrogens is 166 g/mol. The zero-order valence-corrected chi connectivity index (χ0v) is 8.34. The molecule has 2 heteroatoms. The van der Waals surface area contributed by atoms with Gasteiger partial charge in [-0.2, -0.15) is 0 Å². The van der Waals surface area contributed by atoms with E-state index in [2.05, 4.69) is 31.2 Å². The number of hydrogen-bond acceptors (Lipinski definition) is 2. The highest BCUT2D eigenvalue weighted by Crippen LogP contribution is 2.23. The van der Waals surface area contributed by atoms with Gasteiger partial charge in [0.2, 0.25) is 0 Å². The summed E-state index contributed by atoms with van der Waals surface area (Å²) in [6.07, 6.45) is 0. The molecule has 66 valence electrons. The maximum atomic E-state index is 5.76. The van der Waals surface area contributed by atoms with E-state index >= 15 is 0 Å². The van der Waals surface area contributed by atoms with Crippen LogP contribution in [0.2, 0.25) is 0 Å². The fourth-order valence-corrected chi connectivity index (χ4v) is 1.78. The van der Waals surface area contributed by atoms with Gasteiger partial charge in [-0.3, -0.25) is 0 Å². The third-order valence-electron chi connectivity index (χ3n) is 1.81. The van der Waals surface area contributed by atoms with E-state index in [0.29, 0.717) is 5.25 Å². The van der Waals surface area contributed by atoms with Gasteiger partial charge in [0, 0.05) is 16.2 Å². The molecule has 0 spiro atoms. The smallest absolute Gasteiger partial charge is 0.0215 e. The predicted octanol–water partition coefficient (Wildman–Crippen LogP) is 2.51. The molecule has 12 heavy (non-hydrogen) atoms. The maximum Gasteiger partial charge on any atom is 0.0215 e. The summed E-state index contributed by atoms with van der Waals surface area (Å²) < 4.78 is 0. The molecule has 0 heterocycles. The molecule has 0 bridgehead atoms. The van der Waals surface area contributed by atoms with Crippen molar-refractivity contribution in [1.82, 2.24) is 0 Å². The van der Waals surface area contributed by atoms with Crippen molar-refractivity contribution in [1.29, 1.82) is 0 Å². The first-order chi connectivity index (χ1) is 5.70. The van der Waals surface area contributed by atoms with Crippen LogP contribution in [0.5, 0.6) is 0 Å². The van der Waals surface area contributed by atoms with E-state index in [0.717, 1.165) is 0 Å². The van der Waals surface area contributed by atoms with Crippen molar-refractivity contribution in [3.8, 4) is 0 Å². The molecule has 0 aliphatic heterocycles. The predicted molar refractivity (Wildman–Crippen MR) is 55.4 cm³/mol. The standard InChI is InChI=1S/C10H15NS/c1-8(11)9(2)12-10-6-4-3-5-7-10/h3-9H,11H2,1-2H3. The summed E-state index contributed by atoms with van der Waals surface area (Å²) in [6, 6.07) is 10.6. The van der Waals surface area contributed by atoms with Crippen molar-refractivity contribution >= 4 is 11.8 Å². The highest BCUT2D eigenvalue weighted by Gasteiger charge is 2.07. The number of benzene rings is 1. The van der Waals surface area contributed by atoms with Crippen molar-refractivity contribution in [2.24, 2.45) is 5.73 Å². The zero-order chi connectivity index (χ0) is 8.97. The van der Waals surface area contributed by atoms with Gasteiger partial charge in [0.05, 0.1) is 0 Å². The van der Waals surface area contributed by atoms with Gasteiger partial charge in [-0.05, 0) is 19.1 Å². The molecule has 1 aromatic rings. The molecule has 0 amide bonds. The molecule has 0 aliphatic rings. The quantitative estimate of drug-likeness (QED) is 0.725. The van der Waals surface area contributed by atoms with Crippen LogP contribution >= 0.6 is 11.8 Å². The summed E-state index contributed by atoms with van der Waals surface area (Å²) in [4.78, 5) is 1.29. The molecule has 0 radical (unpaired) electrons. The third kappa shape index (κ3) is 2.88. The first-order valence-corrected chi connectivity index (χ1v) is 5.05. The molecule has 2 N–H and O–H groups in total. The summed E-state index contributed by atoms with van der Waals surface area (Å²) in [6.45, 7) is 4.20.